The Bertz CT molecular complexity index is 537. The molecule has 18 heavy (non-hydrogen) atoms. The molecule has 0 fully saturated rings. The highest BCUT2D eigenvalue weighted by atomic mass is 32.4. The van der Waals surface area contributed by atoms with Crippen LogP contribution in [-0.4, -0.2) is 16.7 Å². The molecule has 6 nitrogen and oxygen atoms in total. The van der Waals surface area contributed by atoms with Gasteiger partial charge in [-0.3, -0.25) is 10.1 Å². The monoisotopic (exact) mass is 284 g/mol. The van der Waals surface area contributed by atoms with Gasteiger partial charge in [0.1, 0.15) is 6.10 Å². The van der Waals surface area contributed by atoms with Crippen LogP contribution in [0.15, 0.2) is 18.2 Å². The van der Waals surface area contributed by atoms with Crippen molar-refractivity contribution >= 4 is 30.6 Å². The second kappa shape index (κ2) is 5.06. The molecule has 2 atom stereocenters. The summed E-state index contributed by atoms with van der Waals surface area (Å²) in [6, 6.07) is 3.95. The number of nitro benzene ring substituents is 1. The van der Waals surface area contributed by atoms with E-state index in [1.807, 2.05) is 0 Å². The highest BCUT2D eigenvalue weighted by Crippen LogP contribution is 2.34. The van der Waals surface area contributed by atoms with Gasteiger partial charge >= 0.3 is 5.71 Å². The number of rotatable bonds is 3. The smallest absolute Gasteiger partial charge is 0.367 e. The van der Waals surface area contributed by atoms with E-state index in [0.717, 1.165) is 5.56 Å². The molecule has 94 valence electrons. The van der Waals surface area contributed by atoms with Gasteiger partial charge in [0.15, 0.2) is 0 Å². The quantitative estimate of drug-likeness (QED) is 0.518. The molecular weight excluding hydrogens is 275 g/mol. The lowest BCUT2D eigenvalue weighted by molar-refractivity contribution is -0.384. The van der Waals surface area contributed by atoms with Gasteiger partial charge in [-0.1, -0.05) is 6.07 Å². The number of fused-ring (bicyclic) bond motifs is 1. The summed E-state index contributed by atoms with van der Waals surface area (Å²) in [5.41, 5.74) is 6.91. The molecule has 1 aliphatic carbocycles. The fourth-order valence-corrected chi connectivity index (χ4v) is 2.31. The van der Waals surface area contributed by atoms with Gasteiger partial charge in [0.25, 0.3) is 5.69 Å². The molecule has 2 rings (SSSR count). The number of benzene rings is 1. The fraction of sp³-hybridized carbons (Fsp3) is 0.300. The second-order valence-corrected chi connectivity index (χ2v) is 4.98. The standard InChI is InChI=1S/C10H9N2O4PS/c11-9-7-4-6(12(14)15)2-1-5(7)3-8(9)16-10(13)17-18/h1-2,4,8-9H,3,11H2. The molecule has 0 heterocycles. The molecule has 0 saturated carbocycles. The number of nitro groups is 1. The van der Waals surface area contributed by atoms with Crippen LogP contribution >= 0.6 is 7.36 Å². The molecule has 0 radical (unpaired) electrons. The van der Waals surface area contributed by atoms with Crippen LogP contribution in [0, 0.1) is 10.1 Å². The highest BCUT2D eigenvalue weighted by Gasteiger charge is 2.33. The molecule has 0 aromatic heterocycles. The summed E-state index contributed by atoms with van der Waals surface area (Å²) in [6.07, 6.45) is -0.0320. The Morgan fingerprint density at radius 1 is 1.61 bits per heavy atom. The zero-order valence-electron chi connectivity index (χ0n) is 9.11. The van der Waals surface area contributed by atoms with Crippen molar-refractivity contribution < 1.29 is 14.5 Å². The van der Waals surface area contributed by atoms with E-state index in [1.54, 1.807) is 6.07 Å². The van der Waals surface area contributed by atoms with Gasteiger partial charge in [-0.2, -0.15) is 0 Å². The maximum Gasteiger partial charge on any atom is 0.367 e. The molecule has 2 unspecified atom stereocenters. The molecule has 8 heteroatoms. The summed E-state index contributed by atoms with van der Waals surface area (Å²) in [4.78, 5) is 21.3. The Balaban J connectivity index is 2.25. The largest absolute Gasteiger partial charge is 0.453 e. The number of hydrogen-bond donors (Lipinski definition) is 1. The predicted molar refractivity (Wildman–Crippen MR) is 68.3 cm³/mol. The van der Waals surface area contributed by atoms with Crippen LogP contribution in [0.5, 0.6) is 0 Å². The van der Waals surface area contributed by atoms with Gasteiger partial charge in [-0.15, -0.1) is 0 Å². The minimum absolute atomic E-state index is 0.0161. The zero-order valence-corrected chi connectivity index (χ0v) is 10.8. The van der Waals surface area contributed by atoms with E-state index in [4.69, 9.17) is 10.5 Å². The van der Waals surface area contributed by atoms with Gasteiger partial charge in [0, 0.05) is 18.6 Å². The van der Waals surface area contributed by atoms with Crippen molar-refractivity contribution in [2.45, 2.75) is 18.6 Å². The van der Waals surface area contributed by atoms with Crippen molar-refractivity contribution in [2.24, 2.45) is 5.73 Å². The van der Waals surface area contributed by atoms with Crippen LogP contribution in [0.3, 0.4) is 0 Å². The third kappa shape index (κ3) is 2.38. The topological polar surface area (TPSA) is 95.5 Å². The highest BCUT2D eigenvalue weighted by molar-refractivity contribution is 8.03. The molecule has 0 aliphatic heterocycles. The van der Waals surface area contributed by atoms with E-state index in [-0.39, 0.29) is 13.0 Å². The number of non-ortho nitro benzene ring substituents is 1. The van der Waals surface area contributed by atoms with Gasteiger partial charge < -0.3 is 10.5 Å². The Labute approximate surface area is 109 Å². The molecule has 2 N–H and O–H groups in total. The van der Waals surface area contributed by atoms with Gasteiger partial charge in [0.05, 0.1) is 18.3 Å². The zero-order chi connectivity index (χ0) is 13.3. The van der Waals surface area contributed by atoms with Crippen molar-refractivity contribution in [3.05, 3.63) is 39.4 Å². The van der Waals surface area contributed by atoms with Crippen LogP contribution in [-0.2, 0) is 23.0 Å². The number of nitrogens with two attached hydrogens (primary N) is 1. The summed E-state index contributed by atoms with van der Waals surface area (Å²) in [7, 11) is 0.103. The van der Waals surface area contributed by atoms with Crippen molar-refractivity contribution in [3.63, 3.8) is 0 Å². The third-order valence-electron chi connectivity index (χ3n) is 2.85. The normalized spacial score (nSPS) is 21.6. The maximum atomic E-state index is 11.1. The Morgan fingerprint density at radius 2 is 2.33 bits per heavy atom. The first kappa shape index (κ1) is 13.0. The number of nitrogens with zero attached hydrogens (tertiary/aromatic N) is 1. The molecule has 0 spiro atoms. The first-order valence-corrected chi connectivity index (χ1v) is 7.00. The number of carbonyl (C=O) groups excluding carboxylic acids is 1. The van der Waals surface area contributed by atoms with Crippen molar-refractivity contribution in [2.75, 3.05) is 0 Å². The van der Waals surface area contributed by atoms with Crippen molar-refractivity contribution in [3.8, 4) is 0 Å². The van der Waals surface area contributed by atoms with Crippen LogP contribution in [0.25, 0.3) is 0 Å². The van der Waals surface area contributed by atoms with Crippen LogP contribution in [0.2, 0.25) is 0 Å². The predicted octanol–water partition coefficient (Wildman–Crippen LogP) is 2.06. The molecule has 0 saturated heterocycles. The third-order valence-corrected chi connectivity index (χ3v) is 3.55. The van der Waals surface area contributed by atoms with E-state index in [9.17, 15) is 14.9 Å². The van der Waals surface area contributed by atoms with Crippen molar-refractivity contribution in [1.29, 1.82) is 0 Å². The van der Waals surface area contributed by atoms with E-state index < -0.39 is 22.8 Å². The summed E-state index contributed by atoms with van der Waals surface area (Å²) in [5.74, 6) is 0. The molecule has 0 amide bonds. The van der Waals surface area contributed by atoms with Gasteiger partial charge in [-0.25, -0.2) is 4.79 Å². The van der Waals surface area contributed by atoms with Gasteiger partial charge in [-0.05, 0) is 22.9 Å². The lowest BCUT2D eigenvalue weighted by Crippen LogP contribution is -2.26. The Kier molecular flexibility index (Phi) is 3.65. The van der Waals surface area contributed by atoms with E-state index in [0.29, 0.717) is 12.0 Å². The van der Waals surface area contributed by atoms with Crippen molar-refractivity contribution in [1.82, 2.24) is 0 Å². The van der Waals surface area contributed by atoms with E-state index in [1.165, 1.54) is 12.1 Å². The lowest BCUT2D eigenvalue weighted by atomic mass is 10.1. The second-order valence-electron chi connectivity index (χ2n) is 3.88. The first-order chi connectivity index (χ1) is 8.52. The first-order valence-electron chi connectivity index (χ1n) is 5.09. The van der Waals surface area contributed by atoms with E-state index >= 15 is 0 Å². The minimum atomic E-state index is -0.541. The number of ether oxygens (including phenoxy) is 1. The average Bonchev–Trinajstić information content (AvgIpc) is 2.66. The summed E-state index contributed by atoms with van der Waals surface area (Å²) < 4.78 is 5.11. The SMILES string of the molecule is NC1c2cc([N+](=O)[O-])ccc2CC1OC(=O)P=S. The molecular formula is C10H9N2O4PS. The van der Waals surface area contributed by atoms with Gasteiger partial charge in [0.2, 0.25) is 0 Å². The fourth-order valence-electron chi connectivity index (χ4n) is 2.00. The number of hydrogen-bond acceptors (Lipinski definition) is 6. The Morgan fingerprint density at radius 3 is 2.94 bits per heavy atom. The molecule has 0 bridgehead atoms. The summed E-state index contributed by atoms with van der Waals surface area (Å²) in [6.45, 7) is 0. The lowest BCUT2D eigenvalue weighted by Gasteiger charge is -2.15. The molecule has 1 aliphatic rings. The average molecular weight is 284 g/mol. The summed E-state index contributed by atoms with van der Waals surface area (Å²) >= 11 is 4.56. The van der Waals surface area contributed by atoms with Crippen LogP contribution in [0.1, 0.15) is 17.2 Å². The maximum absolute atomic E-state index is 11.1. The Hall–Kier alpha value is -1.43. The molecule has 1 aromatic rings. The van der Waals surface area contributed by atoms with Crippen LogP contribution < -0.4 is 5.73 Å². The molecule has 1 aromatic carbocycles. The van der Waals surface area contributed by atoms with Crippen LogP contribution in [0.4, 0.5) is 10.5 Å². The minimum Gasteiger partial charge on any atom is -0.453 e. The van der Waals surface area contributed by atoms with E-state index in [2.05, 4.69) is 11.8 Å². The number of carbonyl (C=O) groups is 1. The summed E-state index contributed by atoms with van der Waals surface area (Å²) in [5, 5.41) is 10.7.